The lowest BCUT2D eigenvalue weighted by Crippen LogP contribution is -2.30. The van der Waals surface area contributed by atoms with Crippen LogP contribution in [0.3, 0.4) is 0 Å². The van der Waals surface area contributed by atoms with Gasteiger partial charge in [0.05, 0.1) is 0 Å². The number of nitrogens with one attached hydrogen (secondary N) is 1. The van der Waals surface area contributed by atoms with Gasteiger partial charge >= 0.3 is 5.97 Å². The van der Waals surface area contributed by atoms with Gasteiger partial charge in [0.25, 0.3) is 0 Å². The van der Waals surface area contributed by atoms with Crippen molar-refractivity contribution in [2.45, 2.75) is 51.5 Å². The monoisotopic (exact) mass is 306 g/mol. The molecule has 0 fully saturated rings. The largest absolute Gasteiger partial charge is 0.480 e. The fourth-order valence-corrected chi connectivity index (χ4v) is 2.14. The summed E-state index contributed by atoms with van der Waals surface area (Å²) in [5.74, 6) is -0.921. The second kappa shape index (κ2) is 9.95. The zero-order valence-corrected chi connectivity index (χ0v) is 13.2. The predicted molar refractivity (Wildman–Crippen MR) is 86.6 cm³/mol. The van der Waals surface area contributed by atoms with Crippen LogP contribution in [0.2, 0.25) is 0 Å². The van der Waals surface area contributed by atoms with Crippen molar-refractivity contribution in [1.82, 2.24) is 5.32 Å². The van der Waals surface area contributed by atoms with Crippen LogP contribution < -0.4 is 11.1 Å². The molecule has 22 heavy (non-hydrogen) atoms. The van der Waals surface area contributed by atoms with E-state index in [4.69, 9.17) is 10.8 Å². The van der Waals surface area contributed by atoms with E-state index in [0.717, 1.165) is 19.3 Å². The molecule has 0 aliphatic rings. The summed E-state index contributed by atoms with van der Waals surface area (Å²) in [7, 11) is 0. The van der Waals surface area contributed by atoms with Crippen molar-refractivity contribution < 1.29 is 14.7 Å². The highest BCUT2D eigenvalue weighted by atomic mass is 16.4. The number of benzene rings is 1. The Balaban J connectivity index is 2.04. The molecule has 122 valence electrons. The molecule has 1 amide bonds. The van der Waals surface area contributed by atoms with E-state index in [1.54, 1.807) is 0 Å². The van der Waals surface area contributed by atoms with Crippen LogP contribution in [0, 0.1) is 6.92 Å². The van der Waals surface area contributed by atoms with Gasteiger partial charge in [0.15, 0.2) is 0 Å². The number of carbonyl (C=O) groups excluding carboxylic acids is 1. The molecule has 0 saturated heterocycles. The Morgan fingerprint density at radius 1 is 1.18 bits per heavy atom. The number of aryl methyl sites for hydroxylation is 2. The summed E-state index contributed by atoms with van der Waals surface area (Å²) >= 11 is 0. The number of hydrogen-bond donors (Lipinski definition) is 3. The zero-order chi connectivity index (χ0) is 16.4. The summed E-state index contributed by atoms with van der Waals surface area (Å²) in [4.78, 5) is 22.2. The standard InChI is InChI=1S/C17H26N2O3/c1-13-8-10-14(11-9-13)5-4-7-16(20)19-12-3-2-6-15(18)17(21)22/h8-11,15H,2-7,12,18H2,1H3,(H,19,20)(H,21,22). The molecule has 0 radical (unpaired) electrons. The lowest BCUT2D eigenvalue weighted by molar-refractivity contribution is -0.138. The number of nitrogens with two attached hydrogens (primary N) is 1. The molecule has 1 unspecified atom stereocenters. The maximum Gasteiger partial charge on any atom is 0.320 e. The van der Waals surface area contributed by atoms with Crippen LogP contribution in [0.1, 0.15) is 43.2 Å². The molecule has 1 rings (SSSR count). The molecule has 0 aliphatic carbocycles. The first kappa shape index (κ1) is 18.2. The van der Waals surface area contributed by atoms with Gasteiger partial charge in [-0.05, 0) is 44.6 Å². The maximum absolute atomic E-state index is 11.7. The van der Waals surface area contributed by atoms with E-state index in [2.05, 4.69) is 36.5 Å². The van der Waals surface area contributed by atoms with E-state index in [1.165, 1.54) is 11.1 Å². The predicted octanol–water partition coefficient (Wildman–Crippen LogP) is 2.02. The smallest absolute Gasteiger partial charge is 0.320 e. The Labute approximate surface area is 131 Å². The maximum atomic E-state index is 11.7. The molecular formula is C17H26N2O3. The SMILES string of the molecule is Cc1ccc(CCCC(=O)NCCCCC(N)C(=O)O)cc1. The zero-order valence-electron chi connectivity index (χ0n) is 13.2. The molecule has 0 aromatic heterocycles. The number of aliphatic carboxylic acids is 1. The topological polar surface area (TPSA) is 92.4 Å². The number of hydrogen-bond acceptors (Lipinski definition) is 3. The molecule has 0 heterocycles. The van der Waals surface area contributed by atoms with Gasteiger partial charge in [0.2, 0.25) is 5.91 Å². The number of carbonyl (C=O) groups is 2. The third-order valence-corrected chi connectivity index (χ3v) is 3.57. The second-order valence-corrected chi connectivity index (χ2v) is 5.63. The van der Waals surface area contributed by atoms with E-state index >= 15 is 0 Å². The molecule has 0 saturated carbocycles. The van der Waals surface area contributed by atoms with Crippen molar-refractivity contribution >= 4 is 11.9 Å². The van der Waals surface area contributed by atoms with Crippen LogP contribution in [0.5, 0.6) is 0 Å². The molecule has 4 N–H and O–H groups in total. The lowest BCUT2D eigenvalue weighted by atomic mass is 10.1. The van der Waals surface area contributed by atoms with Crippen molar-refractivity contribution in [2.24, 2.45) is 5.73 Å². The van der Waals surface area contributed by atoms with Gasteiger partial charge in [-0.1, -0.05) is 29.8 Å². The van der Waals surface area contributed by atoms with Gasteiger partial charge in [-0.3, -0.25) is 9.59 Å². The minimum Gasteiger partial charge on any atom is -0.480 e. The summed E-state index contributed by atoms with van der Waals surface area (Å²) in [6.45, 7) is 2.64. The number of carboxylic acid groups (broad SMARTS) is 1. The summed E-state index contributed by atoms with van der Waals surface area (Å²) in [6, 6.07) is 7.55. The number of unbranched alkanes of at least 4 members (excludes halogenated alkanes) is 1. The average molecular weight is 306 g/mol. The molecule has 5 heteroatoms. The van der Waals surface area contributed by atoms with Crippen LogP contribution in [-0.4, -0.2) is 29.6 Å². The highest BCUT2D eigenvalue weighted by molar-refractivity contribution is 5.75. The first-order chi connectivity index (χ1) is 10.5. The summed E-state index contributed by atoms with van der Waals surface area (Å²) < 4.78 is 0. The van der Waals surface area contributed by atoms with Crippen LogP contribution in [0.25, 0.3) is 0 Å². The number of carboxylic acids is 1. The lowest BCUT2D eigenvalue weighted by Gasteiger charge is -2.07. The van der Waals surface area contributed by atoms with E-state index in [9.17, 15) is 9.59 Å². The molecule has 1 atom stereocenters. The van der Waals surface area contributed by atoms with Gasteiger partial charge in [-0.15, -0.1) is 0 Å². The molecule has 5 nitrogen and oxygen atoms in total. The minimum absolute atomic E-state index is 0.0506. The third-order valence-electron chi connectivity index (χ3n) is 3.57. The number of amides is 1. The average Bonchev–Trinajstić information content (AvgIpc) is 2.48. The second-order valence-electron chi connectivity index (χ2n) is 5.63. The summed E-state index contributed by atoms with van der Waals surface area (Å²) in [5.41, 5.74) is 7.89. The molecule has 1 aromatic rings. The minimum atomic E-state index is -0.972. The van der Waals surface area contributed by atoms with E-state index in [1.807, 2.05) is 0 Å². The van der Waals surface area contributed by atoms with Crippen LogP contribution in [0.4, 0.5) is 0 Å². The Hall–Kier alpha value is -1.88. The van der Waals surface area contributed by atoms with E-state index in [-0.39, 0.29) is 5.91 Å². The van der Waals surface area contributed by atoms with Gasteiger partial charge in [-0.2, -0.15) is 0 Å². The Kier molecular flexibility index (Phi) is 8.22. The van der Waals surface area contributed by atoms with Gasteiger partial charge < -0.3 is 16.2 Å². The first-order valence-corrected chi connectivity index (χ1v) is 7.79. The van der Waals surface area contributed by atoms with Crippen molar-refractivity contribution in [3.05, 3.63) is 35.4 Å². The molecule has 0 aliphatic heterocycles. The Morgan fingerprint density at radius 3 is 2.50 bits per heavy atom. The van der Waals surface area contributed by atoms with Gasteiger partial charge in [0, 0.05) is 13.0 Å². The fraction of sp³-hybridized carbons (Fsp3) is 0.529. The third kappa shape index (κ3) is 7.78. The van der Waals surface area contributed by atoms with Crippen LogP contribution in [0.15, 0.2) is 24.3 Å². The van der Waals surface area contributed by atoms with E-state index < -0.39 is 12.0 Å². The fourth-order valence-electron chi connectivity index (χ4n) is 2.14. The number of rotatable bonds is 10. The quantitative estimate of drug-likeness (QED) is 0.577. The normalized spacial score (nSPS) is 11.9. The van der Waals surface area contributed by atoms with Crippen molar-refractivity contribution in [3.8, 4) is 0 Å². The molecular weight excluding hydrogens is 280 g/mol. The highest BCUT2D eigenvalue weighted by Gasteiger charge is 2.10. The first-order valence-electron chi connectivity index (χ1n) is 7.79. The van der Waals surface area contributed by atoms with Crippen LogP contribution >= 0.6 is 0 Å². The van der Waals surface area contributed by atoms with Crippen molar-refractivity contribution in [2.75, 3.05) is 6.54 Å². The molecule has 1 aromatic carbocycles. The Bertz CT molecular complexity index is 471. The van der Waals surface area contributed by atoms with Crippen LogP contribution in [-0.2, 0) is 16.0 Å². The molecule has 0 spiro atoms. The summed E-state index contributed by atoms with van der Waals surface area (Å²) in [6.07, 6.45) is 4.16. The van der Waals surface area contributed by atoms with Gasteiger partial charge in [-0.25, -0.2) is 0 Å². The Morgan fingerprint density at radius 2 is 1.86 bits per heavy atom. The molecule has 0 bridgehead atoms. The van der Waals surface area contributed by atoms with Gasteiger partial charge in [0.1, 0.15) is 6.04 Å². The van der Waals surface area contributed by atoms with Crippen molar-refractivity contribution in [3.63, 3.8) is 0 Å². The van der Waals surface area contributed by atoms with E-state index in [0.29, 0.717) is 25.8 Å². The van der Waals surface area contributed by atoms with Crippen molar-refractivity contribution in [1.29, 1.82) is 0 Å². The highest BCUT2D eigenvalue weighted by Crippen LogP contribution is 2.07. The summed E-state index contributed by atoms with van der Waals surface area (Å²) in [5, 5.41) is 11.5.